The van der Waals surface area contributed by atoms with Crippen LogP contribution in [0.1, 0.15) is 66.2 Å². The maximum absolute atomic E-state index is 5.37. The first kappa shape index (κ1) is 25.3. The number of rotatable bonds is 7. The Morgan fingerprint density at radius 3 is 2.42 bits per heavy atom. The van der Waals surface area contributed by atoms with Gasteiger partial charge >= 0.3 is 0 Å². The van der Waals surface area contributed by atoms with Gasteiger partial charge in [-0.3, -0.25) is 4.90 Å². The summed E-state index contributed by atoms with van der Waals surface area (Å²) in [5.74, 6) is 4.39. The molecule has 2 aromatic carbocycles. The fourth-order valence-corrected chi connectivity index (χ4v) is 6.89. The van der Waals surface area contributed by atoms with Gasteiger partial charge in [0.1, 0.15) is 5.82 Å². The van der Waals surface area contributed by atoms with Crippen molar-refractivity contribution in [3.63, 3.8) is 0 Å². The van der Waals surface area contributed by atoms with Crippen molar-refractivity contribution in [2.75, 3.05) is 36.5 Å². The van der Waals surface area contributed by atoms with E-state index in [2.05, 4.69) is 80.1 Å². The van der Waals surface area contributed by atoms with Crippen molar-refractivity contribution in [1.29, 1.82) is 0 Å². The highest BCUT2D eigenvalue weighted by Crippen LogP contribution is 2.37. The molecule has 0 saturated carbocycles. The Kier molecular flexibility index (Phi) is 7.97. The molecule has 3 aromatic rings. The van der Waals surface area contributed by atoms with Gasteiger partial charge < -0.3 is 4.90 Å². The molecular formula is C31H40N4S. The number of anilines is 1. The number of aromatic nitrogens is 2. The second kappa shape index (κ2) is 11.4. The Balaban J connectivity index is 1.56. The molecule has 36 heavy (non-hydrogen) atoms. The average molecular weight is 501 g/mol. The number of thioether (sulfide) groups is 1. The van der Waals surface area contributed by atoms with E-state index >= 15 is 0 Å². The molecule has 0 radical (unpaired) electrons. The Bertz CT molecular complexity index is 1180. The third-order valence-electron chi connectivity index (χ3n) is 8.00. The molecule has 2 heterocycles. The zero-order chi connectivity index (χ0) is 25.1. The number of nitrogens with zero attached hydrogens (tertiary/aromatic N) is 4. The van der Waals surface area contributed by atoms with E-state index in [0.717, 1.165) is 61.3 Å². The number of hydrogen-bond acceptors (Lipinski definition) is 5. The van der Waals surface area contributed by atoms with Gasteiger partial charge in [0.2, 0.25) is 0 Å². The van der Waals surface area contributed by atoms with E-state index in [1.165, 1.54) is 52.6 Å². The maximum Gasteiger partial charge on any atom is 0.162 e. The van der Waals surface area contributed by atoms with E-state index in [1.54, 1.807) is 0 Å². The van der Waals surface area contributed by atoms with E-state index in [1.807, 2.05) is 11.8 Å². The highest BCUT2D eigenvalue weighted by Gasteiger charge is 2.27. The molecule has 5 rings (SSSR count). The molecule has 1 atom stereocenters. The van der Waals surface area contributed by atoms with Crippen molar-refractivity contribution >= 4 is 17.6 Å². The molecule has 1 fully saturated rings. The predicted molar refractivity (Wildman–Crippen MR) is 154 cm³/mol. The highest BCUT2D eigenvalue weighted by molar-refractivity contribution is 7.99. The van der Waals surface area contributed by atoms with Gasteiger partial charge in [-0.2, -0.15) is 11.8 Å². The summed E-state index contributed by atoms with van der Waals surface area (Å²) in [6.45, 7) is 9.66. The van der Waals surface area contributed by atoms with Gasteiger partial charge in [-0.05, 0) is 68.3 Å². The molecule has 190 valence electrons. The quantitative estimate of drug-likeness (QED) is 0.363. The average Bonchev–Trinajstić information content (AvgIpc) is 2.93. The number of benzene rings is 2. The summed E-state index contributed by atoms with van der Waals surface area (Å²) < 4.78 is 0. The van der Waals surface area contributed by atoms with Crippen LogP contribution < -0.4 is 4.90 Å². The van der Waals surface area contributed by atoms with Crippen molar-refractivity contribution in [1.82, 2.24) is 14.9 Å². The fraction of sp³-hybridized carbons (Fsp3) is 0.484. The van der Waals surface area contributed by atoms with E-state index in [4.69, 9.17) is 9.97 Å². The van der Waals surface area contributed by atoms with Crippen molar-refractivity contribution < 1.29 is 0 Å². The number of fused-ring (bicyclic) bond motifs is 1. The van der Waals surface area contributed by atoms with Crippen molar-refractivity contribution in [3.05, 3.63) is 76.0 Å². The van der Waals surface area contributed by atoms with Crippen LogP contribution in [0.2, 0.25) is 0 Å². The van der Waals surface area contributed by atoms with Crippen LogP contribution >= 0.6 is 11.8 Å². The smallest absolute Gasteiger partial charge is 0.162 e. The van der Waals surface area contributed by atoms with Gasteiger partial charge in [0, 0.05) is 54.0 Å². The normalized spacial score (nSPS) is 17.9. The lowest BCUT2D eigenvalue weighted by atomic mass is 9.87. The molecule has 0 N–H and O–H groups in total. The molecule has 1 aliphatic heterocycles. The first-order valence-electron chi connectivity index (χ1n) is 13.7. The van der Waals surface area contributed by atoms with Crippen molar-refractivity contribution in [3.8, 4) is 11.4 Å². The van der Waals surface area contributed by atoms with Gasteiger partial charge in [-0.15, -0.1) is 0 Å². The Hall–Kier alpha value is -2.37. The number of hydrogen-bond donors (Lipinski definition) is 0. The lowest BCUT2D eigenvalue weighted by molar-refractivity contribution is 0.212. The van der Waals surface area contributed by atoms with Crippen LogP contribution in [0.3, 0.4) is 0 Å². The van der Waals surface area contributed by atoms with Crippen LogP contribution in [-0.4, -0.2) is 46.5 Å². The lowest BCUT2D eigenvalue weighted by Crippen LogP contribution is -2.35. The van der Waals surface area contributed by atoms with Gasteiger partial charge in [0.05, 0.1) is 0 Å². The molecule has 0 unspecified atom stereocenters. The molecule has 1 saturated heterocycles. The zero-order valence-corrected chi connectivity index (χ0v) is 23.2. The summed E-state index contributed by atoms with van der Waals surface area (Å²) in [5, 5.41) is 0. The highest BCUT2D eigenvalue weighted by atomic mass is 32.2. The third kappa shape index (κ3) is 5.05. The molecule has 2 aliphatic rings. The van der Waals surface area contributed by atoms with Gasteiger partial charge in [0.15, 0.2) is 5.82 Å². The molecule has 0 amide bonds. The van der Waals surface area contributed by atoms with Crippen LogP contribution in [0.5, 0.6) is 0 Å². The molecular weight excluding hydrogens is 460 g/mol. The van der Waals surface area contributed by atoms with E-state index in [0.29, 0.717) is 6.04 Å². The molecule has 1 aromatic heterocycles. The zero-order valence-electron chi connectivity index (χ0n) is 22.4. The van der Waals surface area contributed by atoms with Crippen molar-refractivity contribution in [2.45, 2.75) is 65.5 Å². The Morgan fingerprint density at radius 2 is 1.69 bits per heavy atom. The van der Waals surface area contributed by atoms with E-state index in [9.17, 15) is 0 Å². The second-order valence-corrected chi connectivity index (χ2v) is 11.4. The summed E-state index contributed by atoms with van der Waals surface area (Å²) >= 11 is 2.05. The van der Waals surface area contributed by atoms with Crippen LogP contribution in [0.15, 0.2) is 42.5 Å². The monoisotopic (exact) mass is 500 g/mol. The second-order valence-electron chi connectivity index (χ2n) is 10.2. The predicted octanol–water partition coefficient (Wildman–Crippen LogP) is 6.64. The minimum atomic E-state index is 0.450. The summed E-state index contributed by atoms with van der Waals surface area (Å²) in [6.07, 6.45) is 5.65. The Morgan fingerprint density at radius 1 is 0.972 bits per heavy atom. The molecule has 0 bridgehead atoms. The first-order valence-corrected chi connectivity index (χ1v) is 14.9. The summed E-state index contributed by atoms with van der Waals surface area (Å²) in [6, 6.07) is 16.1. The summed E-state index contributed by atoms with van der Waals surface area (Å²) in [4.78, 5) is 15.6. The van der Waals surface area contributed by atoms with Crippen LogP contribution in [0.4, 0.5) is 5.82 Å². The molecule has 5 heteroatoms. The van der Waals surface area contributed by atoms with Gasteiger partial charge in [0.25, 0.3) is 0 Å². The van der Waals surface area contributed by atoms with Crippen LogP contribution in [0, 0.1) is 6.92 Å². The SMILES string of the molecule is CCc1cccc(CC)c1-c1nc(C)c(CN(C)[C@H]2CCCc3ccccc32)c(N2CCSCC2)n1. The fourth-order valence-electron chi connectivity index (χ4n) is 5.99. The largest absolute Gasteiger partial charge is 0.355 e. The maximum atomic E-state index is 5.37. The van der Waals surface area contributed by atoms with Crippen LogP contribution in [-0.2, 0) is 25.8 Å². The standard InChI is InChI=1S/C31H40N4S/c1-5-23-12-9-13-24(6-2)29(23)30-32-22(3)27(31(33-30)35-17-19-36-20-18-35)21-34(4)28-16-10-14-25-11-7-8-15-26(25)28/h7-9,11-13,15,28H,5-6,10,14,16-21H2,1-4H3/t28-/m0/s1. The molecule has 0 spiro atoms. The van der Waals surface area contributed by atoms with Crippen LogP contribution in [0.25, 0.3) is 11.4 Å². The topological polar surface area (TPSA) is 32.3 Å². The first-order chi connectivity index (χ1) is 17.6. The van der Waals surface area contributed by atoms with Crippen molar-refractivity contribution in [2.24, 2.45) is 0 Å². The summed E-state index contributed by atoms with van der Waals surface area (Å²) in [5.41, 5.74) is 9.37. The molecule has 1 aliphatic carbocycles. The lowest BCUT2D eigenvalue weighted by Gasteiger charge is -2.35. The summed E-state index contributed by atoms with van der Waals surface area (Å²) in [7, 11) is 2.29. The van der Waals surface area contributed by atoms with Gasteiger partial charge in [-0.1, -0.05) is 56.3 Å². The molecule has 4 nitrogen and oxygen atoms in total. The third-order valence-corrected chi connectivity index (χ3v) is 8.94. The van der Waals surface area contributed by atoms with E-state index in [-0.39, 0.29) is 0 Å². The Labute approximate surface area is 221 Å². The van der Waals surface area contributed by atoms with E-state index < -0.39 is 0 Å². The minimum Gasteiger partial charge on any atom is -0.355 e. The minimum absolute atomic E-state index is 0.450. The van der Waals surface area contributed by atoms with Gasteiger partial charge in [-0.25, -0.2) is 9.97 Å². The number of aryl methyl sites for hydroxylation is 4.